The molecule has 0 aromatic carbocycles. The molecule has 0 fully saturated rings. The summed E-state index contributed by atoms with van der Waals surface area (Å²) in [7, 11) is -0.573. The highest BCUT2D eigenvalue weighted by Gasteiger charge is 2.40. The zero-order valence-corrected chi connectivity index (χ0v) is 13.2. The lowest BCUT2D eigenvalue weighted by Crippen LogP contribution is -2.39. The molecule has 0 spiro atoms. The first-order valence-electron chi connectivity index (χ1n) is 6.98. The van der Waals surface area contributed by atoms with Gasteiger partial charge in [0.25, 0.3) is 0 Å². The van der Waals surface area contributed by atoms with Gasteiger partial charge in [-0.25, -0.2) is 0 Å². The van der Waals surface area contributed by atoms with Gasteiger partial charge in [-0.15, -0.1) is 0 Å². The van der Waals surface area contributed by atoms with Gasteiger partial charge in [0, 0.05) is 8.80 Å². The third-order valence-electron chi connectivity index (χ3n) is 5.21. The molecule has 15 heavy (non-hydrogen) atoms. The Morgan fingerprint density at radius 1 is 0.867 bits per heavy atom. The fourth-order valence-electron chi connectivity index (χ4n) is 3.34. The molecule has 0 aromatic heterocycles. The quantitative estimate of drug-likeness (QED) is 0.531. The molecule has 0 amide bonds. The average molecular weight is 228 g/mol. The van der Waals surface area contributed by atoms with Gasteiger partial charge < -0.3 is 0 Å². The van der Waals surface area contributed by atoms with Crippen molar-refractivity contribution >= 4 is 8.80 Å². The van der Waals surface area contributed by atoms with E-state index in [9.17, 15) is 0 Å². The molecule has 0 aliphatic carbocycles. The number of rotatable bonds is 7. The van der Waals surface area contributed by atoms with Crippen molar-refractivity contribution < 1.29 is 0 Å². The standard InChI is InChI=1S/C14H32Si/c1-8-12(5)14(7,13(6)9-2)15(10-3)11-4/h12-13,15H,8-11H2,1-7H3. The number of hydrogen-bond donors (Lipinski definition) is 0. The van der Waals surface area contributed by atoms with E-state index in [4.69, 9.17) is 0 Å². The van der Waals surface area contributed by atoms with Crippen LogP contribution in [0.5, 0.6) is 0 Å². The van der Waals surface area contributed by atoms with Gasteiger partial charge >= 0.3 is 0 Å². The fourth-order valence-corrected chi connectivity index (χ4v) is 7.76. The van der Waals surface area contributed by atoms with Crippen molar-refractivity contribution in [3.63, 3.8) is 0 Å². The highest BCUT2D eigenvalue weighted by Crippen LogP contribution is 2.50. The van der Waals surface area contributed by atoms with Gasteiger partial charge in [-0.2, -0.15) is 0 Å². The smallest absolute Gasteiger partial charge is 0.0430 e. The maximum absolute atomic E-state index is 2.60. The van der Waals surface area contributed by atoms with Gasteiger partial charge in [0.2, 0.25) is 0 Å². The Kier molecular flexibility index (Phi) is 6.82. The van der Waals surface area contributed by atoms with Crippen molar-refractivity contribution in [2.75, 3.05) is 0 Å². The van der Waals surface area contributed by atoms with E-state index in [1.807, 2.05) is 0 Å². The Morgan fingerprint density at radius 3 is 1.40 bits per heavy atom. The van der Waals surface area contributed by atoms with Crippen LogP contribution in [0.4, 0.5) is 0 Å². The second-order valence-corrected chi connectivity index (χ2v) is 9.77. The van der Waals surface area contributed by atoms with Crippen molar-refractivity contribution in [3.8, 4) is 0 Å². The monoisotopic (exact) mass is 228 g/mol. The largest absolute Gasteiger partial charge is 0.0680 e. The van der Waals surface area contributed by atoms with Crippen LogP contribution in [0.2, 0.25) is 17.1 Å². The number of hydrogen-bond acceptors (Lipinski definition) is 0. The molecule has 0 aliphatic heterocycles. The molecular weight excluding hydrogens is 196 g/mol. The molecule has 2 unspecified atom stereocenters. The highest BCUT2D eigenvalue weighted by molar-refractivity contribution is 6.62. The summed E-state index contributed by atoms with van der Waals surface area (Å²) in [5.41, 5.74) is 0. The van der Waals surface area contributed by atoms with Gasteiger partial charge in [-0.3, -0.25) is 0 Å². The summed E-state index contributed by atoms with van der Waals surface area (Å²) in [6.45, 7) is 17.1. The van der Waals surface area contributed by atoms with Crippen molar-refractivity contribution in [1.29, 1.82) is 0 Å². The van der Waals surface area contributed by atoms with Crippen molar-refractivity contribution in [2.24, 2.45) is 11.8 Å². The fraction of sp³-hybridized carbons (Fsp3) is 1.00. The van der Waals surface area contributed by atoms with E-state index in [1.54, 1.807) is 0 Å². The Bertz CT molecular complexity index is 151. The van der Waals surface area contributed by atoms with E-state index in [0.29, 0.717) is 5.04 Å². The zero-order valence-electron chi connectivity index (χ0n) is 12.1. The molecule has 1 heteroatoms. The predicted molar refractivity (Wildman–Crippen MR) is 75.4 cm³/mol. The van der Waals surface area contributed by atoms with Gasteiger partial charge in [-0.05, 0) is 16.9 Å². The van der Waals surface area contributed by atoms with Gasteiger partial charge in [0.15, 0.2) is 0 Å². The normalized spacial score (nSPS) is 20.0. The molecule has 0 aliphatic rings. The second kappa shape index (κ2) is 6.73. The maximum atomic E-state index is 2.60. The molecule has 0 nitrogen and oxygen atoms in total. The Morgan fingerprint density at radius 2 is 1.20 bits per heavy atom. The first-order valence-corrected chi connectivity index (χ1v) is 9.19. The van der Waals surface area contributed by atoms with Crippen LogP contribution in [0.15, 0.2) is 0 Å². The van der Waals surface area contributed by atoms with E-state index >= 15 is 0 Å². The molecule has 0 bridgehead atoms. The first kappa shape index (κ1) is 15.2. The van der Waals surface area contributed by atoms with E-state index in [0.717, 1.165) is 11.8 Å². The van der Waals surface area contributed by atoms with E-state index in [-0.39, 0.29) is 0 Å². The second-order valence-electron chi connectivity index (χ2n) is 5.50. The van der Waals surface area contributed by atoms with Gasteiger partial charge in [0.1, 0.15) is 0 Å². The summed E-state index contributed by atoms with van der Waals surface area (Å²) in [5, 5.41) is 0.674. The topological polar surface area (TPSA) is 0 Å². The van der Waals surface area contributed by atoms with Crippen LogP contribution >= 0.6 is 0 Å². The van der Waals surface area contributed by atoms with Crippen LogP contribution in [-0.2, 0) is 0 Å². The van der Waals surface area contributed by atoms with Crippen molar-refractivity contribution in [3.05, 3.63) is 0 Å². The molecular formula is C14H32Si. The van der Waals surface area contributed by atoms with Gasteiger partial charge in [0.05, 0.1) is 0 Å². The van der Waals surface area contributed by atoms with E-state index in [2.05, 4.69) is 48.5 Å². The van der Waals surface area contributed by atoms with Crippen LogP contribution < -0.4 is 0 Å². The lowest BCUT2D eigenvalue weighted by atomic mass is 9.81. The molecule has 0 N–H and O–H groups in total. The Hall–Kier alpha value is 0.217. The summed E-state index contributed by atoms with van der Waals surface area (Å²) in [5.74, 6) is 1.81. The molecule has 0 rings (SSSR count). The van der Waals surface area contributed by atoms with Crippen molar-refractivity contribution in [1.82, 2.24) is 0 Å². The summed E-state index contributed by atoms with van der Waals surface area (Å²) in [4.78, 5) is 0. The average Bonchev–Trinajstić information content (AvgIpc) is 2.27. The lowest BCUT2D eigenvalue weighted by molar-refractivity contribution is 0.277. The summed E-state index contributed by atoms with van der Waals surface area (Å²) in [6, 6.07) is 2.95. The molecule has 0 heterocycles. The van der Waals surface area contributed by atoms with Crippen LogP contribution in [0.3, 0.4) is 0 Å². The summed E-state index contributed by atoms with van der Waals surface area (Å²) >= 11 is 0. The van der Waals surface area contributed by atoms with E-state index < -0.39 is 8.80 Å². The predicted octanol–water partition coefficient (Wildman–Crippen LogP) is 5.11. The zero-order chi connectivity index (χ0) is 12.1. The van der Waals surface area contributed by atoms with Crippen LogP contribution in [0.1, 0.15) is 61.3 Å². The van der Waals surface area contributed by atoms with Crippen LogP contribution in [0.25, 0.3) is 0 Å². The molecule has 2 atom stereocenters. The maximum Gasteiger partial charge on any atom is 0.0430 e. The van der Waals surface area contributed by atoms with E-state index in [1.165, 1.54) is 24.9 Å². The molecule has 0 aromatic rings. The van der Waals surface area contributed by atoms with Gasteiger partial charge in [-0.1, -0.05) is 73.4 Å². The molecule has 0 radical (unpaired) electrons. The summed E-state index contributed by atoms with van der Waals surface area (Å²) < 4.78 is 0. The minimum atomic E-state index is -0.573. The van der Waals surface area contributed by atoms with Crippen LogP contribution in [0, 0.1) is 11.8 Å². The first-order chi connectivity index (χ1) is 6.98. The van der Waals surface area contributed by atoms with Crippen molar-refractivity contribution in [2.45, 2.75) is 78.4 Å². The minimum Gasteiger partial charge on any atom is -0.0680 e. The Balaban J connectivity index is 4.98. The minimum absolute atomic E-state index is 0.573. The third-order valence-corrected chi connectivity index (χ3v) is 10.1. The molecule has 92 valence electrons. The van der Waals surface area contributed by atoms with Crippen LogP contribution in [-0.4, -0.2) is 8.80 Å². The Labute approximate surface area is 99.5 Å². The lowest BCUT2D eigenvalue weighted by Gasteiger charge is -2.46. The summed E-state index contributed by atoms with van der Waals surface area (Å²) in [6.07, 6.45) is 2.70. The SMILES string of the molecule is CCC(C)C(C)(C(C)CC)[SiH](CC)CC. The third kappa shape index (κ3) is 3.09. The highest BCUT2D eigenvalue weighted by atomic mass is 28.3. The molecule has 0 saturated carbocycles. The molecule has 0 saturated heterocycles.